The molecule has 42 heavy (non-hydrogen) atoms. The Hall–Kier alpha value is -5.66. The molecule has 0 bridgehead atoms. The van der Waals surface area contributed by atoms with Crippen molar-refractivity contribution in [1.82, 2.24) is 0 Å². The first-order valence-electron chi connectivity index (χ1n) is 12.3. The zero-order valence-corrected chi connectivity index (χ0v) is 22.8. The van der Waals surface area contributed by atoms with Crippen LogP contribution in [0.15, 0.2) is 70.9 Å². The molecular formula is C28H30N4O10. The van der Waals surface area contributed by atoms with Crippen LogP contribution in [-0.4, -0.2) is 60.5 Å². The molecule has 0 saturated heterocycles. The highest BCUT2D eigenvalue weighted by atomic mass is 16.6. The van der Waals surface area contributed by atoms with Gasteiger partial charge in [-0.2, -0.15) is 5.11 Å². The molecule has 0 aliphatic rings. The van der Waals surface area contributed by atoms with Crippen LogP contribution in [-0.2, 0) is 19.1 Å². The molecule has 3 aromatic rings. The average Bonchev–Trinajstić information content (AvgIpc) is 2.94. The van der Waals surface area contributed by atoms with Gasteiger partial charge in [-0.3, -0.25) is 9.59 Å². The first-order valence-corrected chi connectivity index (χ1v) is 12.3. The molecule has 0 radical (unpaired) electrons. The molecular weight excluding hydrogens is 552 g/mol. The van der Waals surface area contributed by atoms with Crippen LogP contribution >= 0.6 is 0 Å². The van der Waals surface area contributed by atoms with Crippen molar-refractivity contribution in [3.63, 3.8) is 0 Å². The van der Waals surface area contributed by atoms with E-state index in [4.69, 9.17) is 40.6 Å². The number of carboxylic acids is 2. The number of aromatic carboxylic acids is 2. The van der Waals surface area contributed by atoms with Crippen LogP contribution in [0.3, 0.4) is 0 Å². The third-order valence-corrected chi connectivity index (χ3v) is 4.93. The molecule has 6 N–H and O–H groups in total. The van der Waals surface area contributed by atoms with Gasteiger partial charge in [0, 0.05) is 31.7 Å². The van der Waals surface area contributed by atoms with E-state index in [0.29, 0.717) is 11.4 Å². The van der Waals surface area contributed by atoms with E-state index in [0.717, 1.165) is 0 Å². The molecule has 0 unspecified atom stereocenters. The van der Waals surface area contributed by atoms with Crippen LogP contribution in [0.1, 0.15) is 34.6 Å². The molecule has 0 heterocycles. The van der Waals surface area contributed by atoms with Crippen molar-refractivity contribution in [2.45, 2.75) is 13.8 Å². The van der Waals surface area contributed by atoms with E-state index in [1.54, 1.807) is 12.1 Å². The molecule has 0 atom stereocenters. The monoisotopic (exact) mass is 582 g/mol. The van der Waals surface area contributed by atoms with E-state index < -0.39 is 23.9 Å². The summed E-state index contributed by atoms with van der Waals surface area (Å²) < 4.78 is 20.8. The summed E-state index contributed by atoms with van der Waals surface area (Å²) in [4.78, 5) is 43.0. The van der Waals surface area contributed by atoms with Crippen molar-refractivity contribution in [3.8, 4) is 11.5 Å². The number of benzene rings is 3. The number of carbonyl (C=O) groups excluding carboxylic acids is 2. The maximum absolute atomic E-state index is 11.0. The molecule has 0 aromatic heterocycles. The number of rotatable bonds is 12. The lowest BCUT2D eigenvalue weighted by molar-refractivity contribution is -0.142. The van der Waals surface area contributed by atoms with E-state index in [-0.39, 0.29) is 60.4 Å². The van der Waals surface area contributed by atoms with Gasteiger partial charge in [0.15, 0.2) is 0 Å². The molecule has 14 heteroatoms. The maximum Gasteiger partial charge on any atom is 0.335 e. The molecule has 0 amide bonds. The number of anilines is 2. The Morgan fingerprint density at radius 1 is 0.667 bits per heavy atom. The minimum atomic E-state index is -1.05. The Kier molecular flexibility index (Phi) is 12.7. The van der Waals surface area contributed by atoms with Gasteiger partial charge in [0.1, 0.15) is 43.6 Å². The maximum atomic E-state index is 11.0. The molecule has 0 spiro atoms. The summed E-state index contributed by atoms with van der Waals surface area (Å²) in [5, 5.41) is 25.6. The van der Waals surface area contributed by atoms with Gasteiger partial charge in [0.2, 0.25) is 0 Å². The number of nitrogens with two attached hydrogens (primary N) is 2. The van der Waals surface area contributed by atoms with E-state index in [1.807, 2.05) is 0 Å². The van der Waals surface area contributed by atoms with Gasteiger partial charge in [0.05, 0.1) is 22.5 Å². The molecule has 0 saturated carbocycles. The SMILES string of the molecule is CC(=O)OCCOc1cc(N=Nc2ccc(C(=O)O)cc2)c(OCCOC(C)=O)cc1N.Nc1ccc(C(=O)O)cc1. The summed E-state index contributed by atoms with van der Waals surface area (Å²) >= 11 is 0. The molecule has 0 fully saturated rings. The molecule has 0 aliphatic carbocycles. The summed E-state index contributed by atoms with van der Waals surface area (Å²) in [6.45, 7) is 2.78. The third-order valence-electron chi connectivity index (χ3n) is 4.93. The summed E-state index contributed by atoms with van der Waals surface area (Å²) in [5.74, 6) is -2.30. The van der Waals surface area contributed by atoms with Crippen LogP contribution in [0.2, 0.25) is 0 Å². The predicted octanol–water partition coefficient (Wildman–Crippen LogP) is 4.23. The van der Waals surface area contributed by atoms with Gasteiger partial charge in [-0.1, -0.05) is 0 Å². The van der Waals surface area contributed by atoms with Crippen molar-refractivity contribution in [2.24, 2.45) is 10.2 Å². The minimum Gasteiger partial charge on any atom is -0.488 e. The molecule has 222 valence electrons. The fourth-order valence-corrected chi connectivity index (χ4v) is 2.97. The second-order valence-corrected chi connectivity index (χ2v) is 8.21. The molecule has 0 aliphatic heterocycles. The average molecular weight is 583 g/mol. The van der Waals surface area contributed by atoms with Crippen molar-refractivity contribution in [2.75, 3.05) is 37.9 Å². The first kappa shape index (κ1) is 32.6. The summed E-state index contributed by atoms with van der Waals surface area (Å²) in [5.41, 5.74) is 13.2. The third kappa shape index (κ3) is 11.6. The highest BCUT2D eigenvalue weighted by molar-refractivity contribution is 5.88. The zero-order valence-electron chi connectivity index (χ0n) is 22.8. The van der Waals surface area contributed by atoms with Crippen molar-refractivity contribution < 1.29 is 48.3 Å². The topological polar surface area (TPSA) is 222 Å². The quantitative estimate of drug-likeness (QED) is 0.102. The lowest BCUT2D eigenvalue weighted by Gasteiger charge is -2.13. The predicted molar refractivity (Wildman–Crippen MR) is 151 cm³/mol. The number of esters is 2. The fraction of sp³-hybridized carbons (Fsp3) is 0.214. The highest BCUT2D eigenvalue weighted by Crippen LogP contribution is 2.37. The van der Waals surface area contributed by atoms with Crippen LogP contribution in [0, 0.1) is 0 Å². The lowest BCUT2D eigenvalue weighted by atomic mass is 10.2. The Labute approximate surface area is 240 Å². The number of nitrogens with zero attached hydrogens (tertiary/aromatic N) is 2. The summed E-state index contributed by atoms with van der Waals surface area (Å²) in [6, 6.07) is 14.8. The lowest BCUT2D eigenvalue weighted by Crippen LogP contribution is -2.11. The summed E-state index contributed by atoms with van der Waals surface area (Å²) in [7, 11) is 0. The number of hydrogen-bond acceptors (Lipinski definition) is 12. The van der Waals surface area contributed by atoms with Crippen molar-refractivity contribution >= 4 is 46.6 Å². The van der Waals surface area contributed by atoms with Crippen molar-refractivity contribution in [3.05, 3.63) is 71.8 Å². The molecule has 14 nitrogen and oxygen atoms in total. The van der Waals surface area contributed by atoms with Gasteiger partial charge in [-0.15, -0.1) is 5.11 Å². The van der Waals surface area contributed by atoms with Gasteiger partial charge in [-0.05, 0) is 48.5 Å². The number of azo groups is 1. The van der Waals surface area contributed by atoms with Gasteiger partial charge >= 0.3 is 23.9 Å². The van der Waals surface area contributed by atoms with Crippen LogP contribution in [0.25, 0.3) is 0 Å². The number of carboxylic acid groups (broad SMARTS) is 2. The van der Waals surface area contributed by atoms with Crippen LogP contribution in [0.5, 0.6) is 11.5 Å². The Balaban J connectivity index is 0.000000518. The normalized spacial score (nSPS) is 10.2. The minimum absolute atomic E-state index is 0.0309. The van der Waals surface area contributed by atoms with Crippen LogP contribution < -0.4 is 20.9 Å². The first-order chi connectivity index (χ1) is 20.0. The second-order valence-electron chi connectivity index (χ2n) is 8.21. The largest absolute Gasteiger partial charge is 0.488 e. The number of nitrogen functional groups attached to an aromatic ring is 2. The Morgan fingerprint density at radius 3 is 1.62 bits per heavy atom. The fourth-order valence-electron chi connectivity index (χ4n) is 2.97. The van der Waals surface area contributed by atoms with Gasteiger partial charge in [0.25, 0.3) is 0 Å². The Morgan fingerprint density at radius 2 is 1.14 bits per heavy atom. The van der Waals surface area contributed by atoms with Crippen molar-refractivity contribution in [1.29, 1.82) is 0 Å². The van der Waals surface area contributed by atoms with E-state index >= 15 is 0 Å². The Bertz CT molecular complexity index is 1410. The zero-order chi connectivity index (χ0) is 31.1. The van der Waals surface area contributed by atoms with Gasteiger partial charge in [-0.25, -0.2) is 9.59 Å². The van der Waals surface area contributed by atoms with E-state index in [9.17, 15) is 19.2 Å². The smallest absolute Gasteiger partial charge is 0.335 e. The second kappa shape index (κ2) is 16.4. The van der Waals surface area contributed by atoms with E-state index in [1.165, 1.54) is 62.4 Å². The summed E-state index contributed by atoms with van der Waals surface area (Å²) in [6.07, 6.45) is 0. The molecule has 3 aromatic carbocycles. The number of carbonyl (C=O) groups is 4. The number of hydrogen-bond donors (Lipinski definition) is 4. The van der Waals surface area contributed by atoms with E-state index in [2.05, 4.69) is 10.2 Å². The molecule has 3 rings (SSSR count). The van der Waals surface area contributed by atoms with Crippen LogP contribution in [0.4, 0.5) is 22.7 Å². The standard InChI is InChI=1S/C21H23N3O8.C7H7NO2/c1-13(25)29-7-9-31-19-12-18(20(11-17(19)22)32-10-8-30-14(2)26)24-23-16-5-3-15(4-6-16)21(27)28;8-6-3-1-5(2-4-6)7(9)10/h3-6,11-12H,7-10,22H2,1-2H3,(H,27,28);1-4H,8H2,(H,9,10). The number of ether oxygens (including phenoxy) is 4. The van der Waals surface area contributed by atoms with Gasteiger partial charge < -0.3 is 40.6 Å². The highest BCUT2D eigenvalue weighted by Gasteiger charge is 2.12.